The lowest BCUT2D eigenvalue weighted by atomic mass is 10.1. The topological polar surface area (TPSA) is 95.6 Å². The Bertz CT molecular complexity index is 392. The third kappa shape index (κ3) is 5.72. The van der Waals surface area contributed by atoms with Crippen LogP contribution in [0.15, 0.2) is 24.3 Å². The van der Waals surface area contributed by atoms with Gasteiger partial charge >= 0.3 is 0 Å². The van der Waals surface area contributed by atoms with Crippen LogP contribution in [0.3, 0.4) is 0 Å². The van der Waals surface area contributed by atoms with Gasteiger partial charge in [-0.25, -0.2) is 0 Å². The second-order valence-corrected chi connectivity index (χ2v) is 4.66. The van der Waals surface area contributed by atoms with Gasteiger partial charge in [0.1, 0.15) is 5.75 Å². The van der Waals surface area contributed by atoms with Crippen LogP contribution in [0.5, 0.6) is 5.75 Å². The Kier molecular flexibility index (Phi) is 6.32. The Morgan fingerprint density at radius 1 is 1.37 bits per heavy atom. The monoisotopic (exact) mass is 266 g/mol. The maximum absolute atomic E-state index is 11.7. The van der Waals surface area contributed by atoms with Crippen molar-refractivity contribution in [1.29, 1.82) is 0 Å². The molecule has 106 valence electrons. The first-order chi connectivity index (χ1) is 9.02. The number of phenols is 1. The van der Waals surface area contributed by atoms with E-state index in [1.54, 1.807) is 24.3 Å². The fourth-order valence-electron chi connectivity index (χ4n) is 1.76. The van der Waals surface area contributed by atoms with Crippen molar-refractivity contribution in [2.45, 2.75) is 38.3 Å². The first-order valence-electron chi connectivity index (χ1n) is 6.52. The molecule has 0 aliphatic rings. The Labute approximate surface area is 113 Å². The highest BCUT2D eigenvalue weighted by Crippen LogP contribution is 2.10. The Balaban J connectivity index is 2.38. The molecule has 0 bridgehead atoms. The minimum Gasteiger partial charge on any atom is -0.508 e. The lowest BCUT2D eigenvalue weighted by Crippen LogP contribution is -2.44. The Hall–Kier alpha value is -1.59. The number of carbonyl (C=O) groups is 1. The van der Waals surface area contributed by atoms with Gasteiger partial charge in [-0.2, -0.15) is 0 Å². The Morgan fingerprint density at radius 2 is 2.00 bits per heavy atom. The molecule has 0 aliphatic heterocycles. The minimum atomic E-state index is -0.654. The van der Waals surface area contributed by atoms with Gasteiger partial charge in [0.25, 0.3) is 0 Å². The minimum absolute atomic E-state index is 0.185. The summed E-state index contributed by atoms with van der Waals surface area (Å²) in [5.41, 5.74) is 6.68. The van der Waals surface area contributed by atoms with Crippen molar-refractivity contribution in [3.8, 4) is 5.75 Å². The first kappa shape index (κ1) is 15.5. The number of nitrogens with two attached hydrogens (primary N) is 1. The highest BCUT2D eigenvalue weighted by Gasteiger charge is 2.15. The molecular weight excluding hydrogens is 244 g/mol. The van der Waals surface area contributed by atoms with Crippen LogP contribution in [0, 0.1) is 0 Å². The van der Waals surface area contributed by atoms with E-state index in [0.717, 1.165) is 12.0 Å². The first-order valence-corrected chi connectivity index (χ1v) is 6.52. The van der Waals surface area contributed by atoms with Crippen molar-refractivity contribution < 1.29 is 15.0 Å². The number of hydrogen-bond donors (Lipinski definition) is 4. The van der Waals surface area contributed by atoms with Crippen molar-refractivity contribution in [3.63, 3.8) is 0 Å². The van der Waals surface area contributed by atoms with Gasteiger partial charge in [0, 0.05) is 6.54 Å². The van der Waals surface area contributed by atoms with Crippen LogP contribution in [0.4, 0.5) is 0 Å². The largest absolute Gasteiger partial charge is 0.508 e. The quantitative estimate of drug-likeness (QED) is 0.579. The van der Waals surface area contributed by atoms with E-state index in [9.17, 15) is 9.90 Å². The zero-order valence-corrected chi connectivity index (χ0v) is 11.2. The molecule has 2 unspecified atom stereocenters. The van der Waals surface area contributed by atoms with Crippen molar-refractivity contribution in [2.24, 2.45) is 5.73 Å². The predicted octanol–water partition coefficient (Wildman–Crippen LogP) is 0.539. The summed E-state index contributed by atoms with van der Waals surface area (Å²) in [5.74, 6) is -0.0901. The van der Waals surface area contributed by atoms with E-state index in [1.165, 1.54) is 0 Å². The van der Waals surface area contributed by atoms with Crippen LogP contribution in [-0.2, 0) is 11.2 Å². The standard InChI is InChI=1S/C14H22N2O3/c1-2-3-12(18)9-16-14(19)13(15)8-10-4-6-11(17)7-5-10/h4-7,12-13,17-18H,2-3,8-9,15H2,1H3,(H,16,19). The molecule has 1 rings (SSSR count). The number of aliphatic hydroxyl groups is 1. The van der Waals surface area contributed by atoms with E-state index in [1.807, 2.05) is 6.92 Å². The van der Waals surface area contributed by atoms with Gasteiger partial charge in [0.2, 0.25) is 5.91 Å². The SMILES string of the molecule is CCCC(O)CNC(=O)C(N)Cc1ccc(O)cc1. The van der Waals surface area contributed by atoms with E-state index in [-0.39, 0.29) is 18.2 Å². The number of rotatable bonds is 7. The molecule has 1 aromatic rings. The summed E-state index contributed by atoms with van der Waals surface area (Å²) in [7, 11) is 0. The molecule has 0 fully saturated rings. The molecule has 1 amide bonds. The van der Waals surface area contributed by atoms with E-state index in [0.29, 0.717) is 12.8 Å². The van der Waals surface area contributed by atoms with Crippen molar-refractivity contribution in [1.82, 2.24) is 5.32 Å². The highest BCUT2D eigenvalue weighted by molar-refractivity contribution is 5.81. The summed E-state index contributed by atoms with van der Waals surface area (Å²) in [5, 5.41) is 21.3. The van der Waals surface area contributed by atoms with E-state index in [2.05, 4.69) is 5.32 Å². The van der Waals surface area contributed by atoms with Gasteiger partial charge in [-0.15, -0.1) is 0 Å². The predicted molar refractivity (Wildman–Crippen MR) is 73.7 cm³/mol. The van der Waals surface area contributed by atoms with Crippen LogP contribution in [-0.4, -0.2) is 34.8 Å². The Morgan fingerprint density at radius 3 is 2.58 bits per heavy atom. The zero-order chi connectivity index (χ0) is 14.3. The maximum atomic E-state index is 11.7. The maximum Gasteiger partial charge on any atom is 0.237 e. The number of carbonyl (C=O) groups excluding carboxylic acids is 1. The molecule has 0 aromatic heterocycles. The molecule has 19 heavy (non-hydrogen) atoms. The normalized spacial score (nSPS) is 13.8. The molecule has 5 heteroatoms. The summed E-state index contributed by atoms with van der Waals surface area (Å²) >= 11 is 0. The smallest absolute Gasteiger partial charge is 0.237 e. The third-order valence-electron chi connectivity index (χ3n) is 2.86. The lowest BCUT2D eigenvalue weighted by molar-refractivity contribution is -0.122. The molecule has 2 atom stereocenters. The molecule has 0 aliphatic carbocycles. The van der Waals surface area contributed by atoms with Gasteiger partial charge in [-0.05, 0) is 30.5 Å². The van der Waals surface area contributed by atoms with Gasteiger partial charge < -0.3 is 21.3 Å². The average molecular weight is 266 g/mol. The molecule has 0 saturated carbocycles. The van der Waals surface area contributed by atoms with Gasteiger partial charge in [-0.1, -0.05) is 25.5 Å². The van der Waals surface area contributed by atoms with Crippen LogP contribution < -0.4 is 11.1 Å². The number of aliphatic hydroxyl groups excluding tert-OH is 1. The molecule has 5 N–H and O–H groups in total. The number of phenolic OH excluding ortho intramolecular Hbond substituents is 1. The number of benzene rings is 1. The van der Waals surface area contributed by atoms with E-state index in [4.69, 9.17) is 10.8 Å². The van der Waals surface area contributed by atoms with Gasteiger partial charge in [0.15, 0.2) is 0 Å². The van der Waals surface area contributed by atoms with Crippen LogP contribution in [0.2, 0.25) is 0 Å². The fourth-order valence-corrected chi connectivity index (χ4v) is 1.76. The highest BCUT2D eigenvalue weighted by atomic mass is 16.3. The van der Waals surface area contributed by atoms with Gasteiger partial charge in [0.05, 0.1) is 12.1 Å². The molecule has 5 nitrogen and oxygen atoms in total. The molecular formula is C14H22N2O3. The number of aromatic hydroxyl groups is 1. The zero-order valence-electron chi connectivity index (χ0n) is 11.2. The molecule has 0 radical (unpaired) electrons. The van der Waals surface area contributed by atoms with Gasteiger partial charge in [-0.3, -0.25) is 4.79 Å². The molecule has 0 heterocycles. The molecule has 0 spiro atoms. The second kappa shape index (κ2) is 7.76. The van der Waals surface area contributed by atoms with E-state index >= 15 is 0 Å². The summed E-state index contributed by atoms with van der Waals surface area (Å²) in [6, 6.07) is 5.93. The summed E-state index contributed by atoms with van der Waals surface area (Å²) < 4.78 is 0. The van der Waals surface area contributed by atoms with Crippen LogP contribution in [0.1, 0.15) is 25.3 Å². The van der Waals surface area contributed by atoms with Crippen LogP contribution >= 0.6 is 0 Å². The number of amides is 1. The number of nitrogens with one attached hydrogen (secondary N) is 1. The summed E-state index contributed by atoms with van der Waals surface area (Å²) in [6.07, 6.45) is 1.41. The number of hydrogen-bond acceptors (Lipinski definition) is 4. The average Bonchev–Trinajstić information content (AvgIpc) is 2.39. The fraction of sp³-hybridized carbons (Fsp3) is 0.500. The van der Waals surface area contributed by atoms with Crippen LogP contribution in [0.25, 0.3) is 0 Å². The molecule has 0 saturated heterocycles. The summed E-state index contributed by atoms with van der Waals surface area (Å²) in [4.78, 5) is 11.7. The molecule has 1 aromatic carbocycles. The lowest BCUT2D eigenvalue weighted by Gasteiger charge is -2.15. The van der Waals surface area contributed by atoms with E-state index < -0.39 is 12.1 Å². The van der Waals surface area contributed by atoms with Crippen molar-refractivity contribution in [2.75, 3.05) is 6.54 Å². The van der Waals surface area contributed by atoms with Crippen molar-refractivity contribution in [3.05, 3.63) is 29.8 Å². The second-order valence-electron chi connectivity index (χ2n) is 4.66. The third-order valence-corrected chi connectivity index (χ3v) is 2.86. The van der Waals surface area contributed by atoms with Crippen molar-refractivity contribution >= 4 is 5.91 Å². The summed E-state index contributed by atoms with van der Waals surface area (Å²) in [6.45, 7) is 2.21.